The number of hydrogen-bond donors (Lipinski definition) is 0. The van der Waals surface area contributed by atoms with Gasteiger partial charge in [0.25, 0.3) is 0 Å². The van der Waals surface area contributed by atoms with E-state index in [0.29, 0.717) is 5.56 Å². The second kappa shape index (κ2) is 4.97. The molecular weight excluding hydrogens is 256 g/mol. The monoisotopic (exact) mass is 270 g/mol. The fourth-order valence-corrected chi connectivity index (χ4v) is 2.53. The van der Waals surface area contributed by atoms with Gasteiger partial charge >= 0.3 is 5.97 Å². The van der Waals surface area contributed by atoms with Crippen molar-refractivity contribution in [3.05, 3.63) is 35.4 Å². The maximum absolute atomic E-state index is 12.3. The van der Waals surface area contributed by atoms with Gasteiger partial charge in [0, 0.05) is 11.6 Å². The zero-order valence-corrected chi connectivity index (χ0v) is 10.9. The minimum Gasteiger partial charge on any atom is -0.453 e. The summed E-state index contributed by atoms with van der Waals surface area (Å²) in [7, 11) is 0. The predicted octanol–water partition coefficient (Wildman–Crippen LogP) is 1.80. The Balaban J connectivity index is 1.74. The highest BCUT2D eigenvalue weighted by atomic mass is 16.5. The zero-order chi connectivity index (χ0) is 14.1. The topological polar surface area (TPSA) is 70.4 Å². The first-order chi connectivity index (χ1) is 9.70. The van der Waals surface area contributed by atoms with Crippen LogP contribution in [0.25, 0.3) is 0 Å². The number of ether oxygens (including phenoxy) is 1. The molecule has 1 aliphatic carbocycles. The summed E-state index contributed by atoms with van der Waals surface area (Å²) in [5, 5.41) is 8.79. The molecule has 0 bridgehead atoms. The number of nitriles is 1. The Morgan fingerprint density at radius 2 is 2.15 bits per heavy atom. The minimum atomic E-state index is -0.522. The number of esters is 1. The maximum atomic E-state index is 12.3. The average Bonchev–Trinajstić information content (AvgIpc) is 3.23. The third kappa shape index (κ3) is 2.25. The largest absolute Gasteiger partial charge is 0.453 e. The highest BCUT2D eigenvalue weighted by Crippen LogP contribution is 2.34. The van der Waals surface area contributed by atoms with Crippen LogP contribution < -0.4 is 0 Å². The van der Waals surface area contributed by atoms with Crippen molar-refractivity contribution in [2.45, 2.75) is 31.4 Å². The molecule has 0 saturated heterocycles. The smallest absolute Gasteiger partial charge is 0.339 e. The lowest BCUT2D eigenvalue weighted by atomic mass is 10.0. The highest BCUT2D eigenvalue weighted by Gasteiger charge is 2.37. The van der Waals surface area contributed by atoms with Crippen LogP contribution >= 0.6 is 0 Å². The van der Waals surface area contributed by atoms with Crippen LogP contribution in [0.2, 0.25) is 0 Å². The van der Waals surface area contributed by atoms with Crippen molar-refractivity contribution in [3.63, 3.8) is 0 Å². The lowest BCUT2D eigenvalue weighted by Gasteiger charge is -2.20. The number of rotatable bonds is 4. The van der Waals surface area contributed by atoms with Crippen molar-refractivity contribution >= 4 is 11.9 Å². The molecular formula is C15H14N2O3. The molecule has 1 amide bonds. The van der Waals surface area contributed by atoms with E-state index >= 15 is 0 Å². The van der Waals surface area contributed by atoms with Gasteiger partial charge in [-0.2, -0.15) is 5.26 Å². The number of fused-ring (bicyclic) bond motifs is 1. The second-order valence-electron chi connectivity index (χ2n) is 5.10. The van der Waals surface area contributed by atoms with Crippen molar-refractivity contribution in [1.82, 2.24) is 4.90 Å². The molecule has 1 fully saturated rings. The van der Waals surface area contributed by atoms with E-state index in [1.54, 1.807) is 17.0 Å². The Morgan fingerprint density at radius 3 is 2.85 bits per heavy atom. The number of hydrogen-bond acceptors (Lipinski definition) is 4. The zero-order valence-electron chi connectivity index (χ0n) is 10.9. The Kier molecular flexibility index (Phi) is 3.15. The van der Waals surface area contributed by atoms with Crippen LogP contribution in [0.5, 0.6) is 0 Å². The third-order valence-corrected chi connectivity index (χ3v) is 3.69. The molecule has 1 atom stereocenters. The van der Waals surface area contributed by atoms with Gasteiger partial charge in [-0.15, -0.1) is 0 Å². The molecule has 3 rings (SSSR count). The summed E-state index contributed by atoms with van der Waals surface area (Å²) < 4.78 is 5.26. The van der Waals surface area contributed by atoms with Gasteiger partial charge in [0.15, 0.2) is 0 Å². The molecule has 5 heteroatoms. The van der Waals surface area contributed by atoms with Gasteiger partial charge in [0.2, 0.25) is 5.91 Å². The quantitative estimate of drug-likeness (QED) is 0.618. The summed E-state index contributed by atoms with van der Waals surface area (Å²) in [5.74, 6) is -0.500. The highest BCUT2D eigenvalue weighted by molar-refractivity contribution is 5.94. The van der Waals surface area contributed by atoms with E-state index in [1.807, 2.05) is 18.2 Å². The summed E-state index contributed by atoms with van der Waals surface area (Å²) >= 11 is 0. The number of benzene rings is 1. The molecule has 2 aliphatic rings. The molecule has 1 saturated carbocycles. The van der Waals surface area contributed by atoms with Crippen LogP contribution in [-0.4, -0.2) is 29.4 Å². The van der Waals surface area contributed by atoms with Crippen molar-refractivity contribution in [3.8, 4) is 6.07 Å². The second-order valence-corrected chi connectivity index (χ2v) is 5.10. The molecule has 0 spiro atoms. The first-order valence-electron chi connectivity index (χ1n) is 6.67. The maximum Gasteiger partial charge on any atom is 0.339 e. The SMILES string of the molecule is N#CCN(C(=O)CC1OC(=O)c2ccccc21)C1CC1. The molecule has 0 N–H and O–H groups in total. The van der Waals surface area contributed by atoms with Gasteiger partial charge in [0.05, 0.1) is 18.1 Å². The molecule has 1 aromatic rings. The van der Waals surface area contributed by atoms with E-state index in [9.17, 15) is 9.59 Å². The van der Waals surface area contributed by atoms with E-state index in [-0.39, 0.29) is 30.9 Å². The van der Waals surface area contributed by atoms with Crippen LogP contribution in [0.15, 0.2) is 24.3 Å². The van der Waals surface area contributed by atoms with Gasteiger partial charge < -0.3 is 9.64 Å². The Morgan fingerprint density at radius 1 is 1.40 bits per heavy atom. The molecule has 5 nitrogen and oxygen atoms in total. The van der Waals surface area contributed by atoms with E-state index in [2.05, 4.69) is 0 Å². The van der Waals surface area contributed by atoms with Gasteiger partial charge in [-0.25, -0.2) is 4.79 Å². The first kappa shape index (κ1) is 12.7. The van der Waals surface area contributed by atoms with Gasteiger partial charge in [-0.1, -0.05) is 18.2 Å². The predicted molar refractivity (Wildman–Crippen MR) is 69.6 cm³/mol. The lowest BCUT2D eigenvalue weighted by Crippen LogP contribution is -2.34. The molecule has 0 aromatic heterocycles. The standard InChI is InChI=1S/C15H14N2O3/c16-7-8-17(10-5-6-10)14(18)9-13-11-3-1-2-4-12(11)15(19)20-13/h1-4,10,13H,5-6,8-9H2. The molecule has 102 valence electrons. The fourth-order valence-electron chi connectivity index (χ4n) is 2.53. The minimum absolute atomic E-state index is 0.103. The summed E-state index contributed by atoms with van der Waals surface area (Å²) in [6, 6.07) is 9.32. The Hall–Kier alpha value is -2.35. The lowest BCUT2D eigenvalue weighted by molar-refractivity contribution is -0.133. The van der Waals surface area contributed by atoms with Crippen LogP contribution in [0.3, 0.4) is 0 Å². The van der Waals surface area contributed by atoms with Crippen molar-refractivity contribution in [2.75, 3.05) is 6.54 Å². The summed E-state index contributed by atoms with van der Waals surface area (Å²) in [6.07, 6.45) is 1.50. The van der Waals surface area contributed by atoms with Gasteiger partial charge in [0.1, 0.15) is 12.6 Å². The molecule has 1 unspecified atom stereocenters. The average molecular weight is 270 g/mol. The van der Waals surface area contributed by atoms with Crippen LogP contribution in [0.4, 0.5) is 0 Å². The molecule has 1 heterocycles. The molecule has 1 aromatic carbocycles. The van der Waals surface area contributed by atoms with Crippen molar-refractivity contribution in [2.24, 2.45) is 0 Å². The molecule has 0 radical (unpaired) electrons. The van der Waals surface area contributed by atoms with Crippen molar-refractivity contribution < 1.29 is 14.3 Å². The van der Waals surface area contributed by atoms with Gasteiger partial charge in [-0.05, 0) is 18.9 Å². The number of cyclic esters (lactones) is 1. The number of carbonyl (C=O) groups is 2. The van der Waals surface area contributed by atoms with Crippen LogP contribution in [0.1, 0.15) is 41.3 Å². The summed E-state index contributed by atoms with van der Waals surface area (Å²) in [5.41, 5.74) is 1.29. The van der Waals surface area contributed by atoms with E-state index < -0.39 is 6.10 Å². The normalized spacial score (nSPS) is 19.9. The Labute approximate surface area is 116 Å². The summed E-state index contributed by atoms with van der Waals surface area (Å²) in [6.45, 7) is 0.103. The van der Waals surface area contributed by atoms with E-state index in [1.165, 1.54) is 0 Å². The van der Waals surface area contributed by atoms with Crippen LogP contribution in [-0.2, 0) is 9.53 Å². The molecule has 20 heavy (non-hydrogen) atoms. The Bertz CT molecular complexity index is 601. The third-order valence-electron chi connectivity index (χ3n) is 3.69. The van der Waals surface area contributed by atoms with Crippen molar-refractivity contribution in [1.29, 1.82) is 5.26 Å². The van der Waals surface area contributed by atoms with E-state index in [0.717, 1.165) is 18.4 Å². The van der Waals surface area contributed by atoms with Gasteiger partial charge in [-0.3, -0.25) is 4.79 Å². The molecule has 1 aliphatic heterocycles. The first-order valence-corrected chi connectivity index (χ1v) is 6.67. The summed E-state index contributed by atoms with van der Waals surface area (Å²) in [4.78, 5) is 25.6. The number of carbonyl (C=O) groups excluding carboxylic acids is 2. The number of nitrogens with zero attached hydrogens (tertiary/aromatic N) is 2. The number of amides is 1. The fraction of sp³-hybridized carbons (Fsp3) is 0.400. The van der Waals surface area contributed by atoms with E-state index in [4.69, 9.17) is 10.00 Å². The van der Waals surface area contributed by atoms with Crippen LogP contribution in [0, 0.1) is 11.3 Å².